The van der Waals surface area contributed by atoms with E-state index in [1.807, 2.05) is 23.7 Å². The van der Waals surface area contributed by atoms with E-state index in [0.717, 1.165) is 40.7 Å². The number of nitrogens with zero attached hydrogens (tertiary/aromatic N) is 4. The van der Waals surface area contributed by atoms with Crippen molar-refractivity contribution in [3.8, 4) is 0 Å². The molecule has 0 saturated carbocycles. The molecule has 1 aromatic carbocycles. The van der Waals surface area contributed by atoms with Crippen molar-refractivity contribution in [3.05, 3.63) is 52.3 Å². The average Bonchev–Trinajstić information content (AvgIpc) is 3.32. The maximum atomic E-state index is 12.8. The Labute approximate surface area is 179 Å². The SMILES string of the molecule is Cc1nc2c(cnn2C(C)C)cc1C(=O)NCC1CCN(c2cccc(Br)c2)C1. The van der Waals surface area contributed by atoms with Crippen LogP contribution in [0.3, 0.4) is 0 Å². The van der Waals surface area contributed by atoms with Gasteiger partial charge >= 0.3 is 0 Å². The molecular formula is C22H26BrN5O. The Morgan fingerprint density at radius 1 is 1.34 bits per heavy atom. The summed E-state index contributed by atoms with van der Waals surface area (Å²) >= 11 is 3.54. The number of fused-ring (bicyclic) bond motifs is 1. The molecule has 3 heterocycles. The third-order valence-electron chi connectivity index (χ3n) is 5.50. The summed E-state index contributed by atoms with van der Waals surface area (Å²) in [6.45, 7) is 8.67. The first-order valence-electron chi connectivity index (χ1n) is 10.1. The molecular weight excluding hydrogens is 430 g/mol. The zero-order valence-electron chi connectivity index (χ0n) is 17.0. The number of carbonyl (C=O) groups is 1. The van der Waals surface area contributed by atoms with Crippen LogP contribution in [0.1, 0.15) is 42.4 Å². The van der Waals surface area contributed by atoms with Crippen molar-refractivity contribution in [1.29, 1.82) is 0 Å². The van der Waals surface area contributed by atoms with E-state index in [1.165, 1.54) is 5.69 Å². The number of carbonyl (C=O) groups excluding carboxylic acids is 1. The molecule has 6 nitrogen and oxygen atoms in total. The van der Waals surface area contributed by atoms with E-state index in [1.54, 1.807) is 6.20 Å². The minimum Gasteiger partial charge on any atom is -0.371 e. The van der Waals surface area contributed by atoms with Crippen molar-refractivity contribution in [2.24, 2.45) is 5.92 Å². The quantitative estimate of drug-likeness (QED) is 0.621. The molecule has 0 spiro atoms. The van der Waals surface area contributed by atoms with Gasteiger partial charge in [-0.2, -0.15) is 5.10 Å². The largest absolute Gasteiger partial charge is 0.371 e. The van der Waals surface area contributed by atoms with Crippen molar-refractivity contribution in [2.45, 2.75) is 33.2 Å². The van der Waals surface area contributed by atoms with Gasteiger partial charge in [0.25, 0.3) is 5.91 Å². The Balaban J connectivity index is 1.41. The third kappa shape index (κ3) is 4.15. The summed E-state index contributed by atoms with van der Waals surface area (Å²) in [5.74, 6) is 0.383. The van der Waals surface area contributed by atoms with Crippen LogP contribution in [0, 0.1) is 12.8 Å². The lowest BCUT2D eigenvalue weighted by Crippen LogP contribution is -2.31. The molecule has 2 aromatic heterocycles. The van der Waals surface area contributed by atoms with Crippen LogP contribution in [0.5, 0.6) is 0 Å². The van der Waals surface area contributed by atoms with Gasteiger partial charge in [0, 0.05) is 41.2 Å². The van der Waals surface area contributed by atoms with E-state index in [2.05, 4.69) is 68.3 Å². The molecule has 1 aliphatic heterocycles. The first-order chi connectivity index (χ1) is 13.9. The highest BCUT2D eigenvalue weighted by atomic mass is 79.9. The molecule has 1 N–H and O–H groups in total. The summed E-state index contributed by atoms with van der Waals surface area (Å²) < 4.78 is 2.98. The maximum absolute atomic E-state index is 12.8. The number of rotatable bonds is 5. The van der Waals surface area contributed by atoms with Crippen molar-refractivity contribution >= 4 is 38.6 Å². The molecule has 1 fully saturated rings. The molecule has 7 heteroatoms. The Bertz CT molecular complexity index is 1040. The first-order valence-corrected chi connectivity index (χ1v) is 10.8. The molecule has 1 saturated heterocycles. The zero-order valence-corrected chi connectivity index (χ0v) is 18.6. The highest BCUT2D eigenvalue weighted by Crippen LogP contribution is 2.26. The van der Waals surface area contributed by atoms with E-state index in [4.69, 9.17) is 0 Å². The van der Waals surface area contributed by atoms with Gasteiger partial charge in [0.2, 0.25) is 0 Å². The summed E-state index contributed by atoms with van der Waals surface area (Å²) in [4.78, 5) is 19.8. The number of amides is 1. The number of aryl methyl sites for hydroxylation is 1. The van der Waals surface area contributed by atoms with Gasteiger partial charge in [0.1, 0.15) is 0 Å². The Kier molecular flexibility index (Phi) is 5.58. The normalized spacial score (nSPS) is 16.7. The summed E-state index contributed by atoms with van der Waals surface area (Å²) in [6, 6.07) is 10.5. The minimum absolute atomic E-state index is 0.0601. The summed E-state index contributed by atoms with van der Waals surface area (Å²) in [6.07, 6.45) is 2.86. The van der Waals surface area contributed by atoms with E-state index >= 15 is 0 Å². The number of anilines is 1. The first kappa shape index (κ1) is 19.9. The molecule has 0 radical (unpaired) electrons. The highest BCUT2D eigenvalue weighted by molar-refractivity contribution is 9.10. The van der Waals surface area contributed by atoms with Gasteiger partial charge in [-0.3, -0.25) is 4.79 Å². The average molecular weight is 456 g/mol. The predicted molar refractivity (Wildman–Crippen MR) is 119 cm³/mol. The van der Waals surface area contributed by atoms with Crippen LogP contribution in [0.25, 0.3) is 11.0 Å². The second-order valence-electron chi connectivity index (χ2n) is 8.01. The zero-order chi connectivity index (χ0) is 20.5. The van der Waals surface area contributed by atoms with E-state index in [9.17, 15) is 4.79 Å². The second kappa shape index (κ2) is 8.14. The Hall–Kier alpha value is -2.41. The summed E-state index contributed by atoms with van der Waals surface area (Å²) in [5.41, 5.74) is 3.41. The molecule has 1 amide bonds. The van der Waals surface area contributed by atoms with Gasteiger partial charge in [-0.1, -0.05) is 22.0 Å². The van der Waals surface area contributed by atoms with Crippen LogP contribution in [-0.2, 0) is 0 Å². The van der Waals surface area contributed by atoms with Crippen molar-refractivity contribution < 1.29 is 4.79 Å². The van der Waals surface area contributed by atoms with Crippen LogP contribution in [0.4, 0.5) is 5.69 Å². The Morgan fingerprint density at radius 3 is 2.93 bits per heavy atom. The number of halogens is 1. The van der Waals surface area contributed by atoms with Crippen LogP contribution in [0.15, 0.2) is 41.0 Å². The lowest BCUT2D eigenvalue weighted by molar-refractivity contribution is 0.0947. The van der Waals surface area contributed by atoms with E-state index in [-0.39, 0.29) is 11.9 Å². The lowest BCUT2D eigenvalue weighted by atomic mass is 10.1. The number of hydrogen-bond donors (Lipinski definition) is 1. The van der Waals surface area contributed by atoms with Gasteiger partial charge in [-0.05, 0) is 57.4 Å². The van der Waals surface area contributed by atoms with Crippen LogP contribution in [-0.4, -0.2) is 40.3 Å². The number of aromatic nitrogens is 3. The molecule has 0 bridgehead atoms. The monoisotopic (exact) mass is 455 g/mol. The number of hydrogen-bond acceptors (Lipinski definition) is 4. The smallest absolute Gasteiger partial charge is 0.253 e. The van der Waals surface area contributed by atoms with Gasteiger partial charge in [0.05, 0.1) is 17.5 Å². The van der Waals surface area contributed by atoms with Crippen LogP contribution in [0.2, 0.25) is 0 Å². The molecule has 1 atom stereocenters. The molecule has 152 valence electrons. The predicted octanol–water partition coefficient (Wildman–Crippen LogP) is 4.34. The molecule has 29 heavy (non-hydrogen) atoms. The fraction of sp³-hybridized carbons (Fsp3) is 0.409. The fourth-order valence-corrected chi connectivity index (χ4v) is 4.30. The van der Waals surface area contributed by atoms with Gasteiger partial charge in [-0.15, -0.1) is 0 Å². The van der Waals surface area contributed by atoms with Crippen LogP contribution < -0.4 is 10.2 Å². The fourth-order valence-electron chi connectivity index (χ4n) is 3.91. The number of nitrogens with one attached hydrogen (secondary N) is 1. The van der Waals surface area contributed by atoms with Crippen LogP contribution >= 0.6 is 15.9 Å². The molecule has 0 aliphatic carbocycles. The van der Waals surface area contributed by atoms with Gasteiger partial charge < -0.3 is 10.2 Å². The van der Waals surface area contributed by atoms with E-state index in [0.29, 0.717) is 18.0 Å². The topological polar surface area (TPSA) is 63.1 Å². The van der Waals surface area contributed by atoms with Crippen molar-refractivity contribution in [3.63, 3.8) is 0 Å². The number of pyridine rings is 1. The van der Waals surface area contributed by atoms with Crippen molar-refractivity contribution in [2.75, 3.05) is 24.5 Å². The number of benzene rings is 1. The molecule has 4 rings (SSSR count). The molecule has 3 aromatic rings. The maximum Gasteiger partial charge on any atom is 0.253 e. The minimum atomic E-state index is -0.0601. The van der Waals surface area contributed by atoms with Crippen molar-refractivity contribution in [1.82, 2.24) is 20.1 Å². The Morgan fingerprint density at radius 2 is 2.17 bits per heavy atom. The second-order valence-corrected chi connectivity index (χ2v) is 8.92. The molecule has 1 unspecified atom stereocenters. The van der Waals surface area contributed by atoms with Gasteiger partial charge in [-0.25, -0.2) is 9.67 Å². The summed E-state index contributed by atoms with van der Waals surface area (Å²) in [7, 11) is 0. The summed E-state index contributed by atoms with van der Waals surface area (Å²) in [5, 5.41) is 8.42. The van der Waals surface area contributed by atoms with E-state index < -0.39 is 0 Å². The van der Waals surface area contributed by atoms with Gasteiger partial charge in [0.15, 0.2) is 5.65 Å². The lowest BCUT2D eigenvalue weighted by Gasteiger charge is -2.19. The molecule has 1 aliphatic rings. The highest BCUT2D eigenvalue weighted by Gasteiger charge is 2.24. The third-order valence-corrected chi connectivity index (χ3v) is 6.00. The standard InChI is InChI=1S/C22H26BrN5O/c1-14(2)28-21-17(12-25-28)9-20(15(3)26-21)22(29)24-11-16-7-8-27(13-16)19-6-4-5-18(23)10-19/h4-6,9-10,12,14,16H,7-8,11,13H2,1-3H3,(H,24,29).